The molecule has 2 aromatic carbocycles. The zero-order valence-electron chi connectivity index (χ0n) is 11.4. The van der Waals surface area contributed by atoms with Crippen molar-refractivity contribution in [2.24, 2.45) is 5.73 Å². The normalized spacial score (nSPS) is 12.0. The maximum atomic E-state index is 13.1. The van der Waals surface area contributed by atoms with Crippen molar-refractivity contribution in [1.29, 1.82) is 0 Å². The molecule has 0 fully saturated rings. The lowest BCUT2D eigenvalue weighted by Gasteiger charge is -2.12. The summed E-state index contributed by atoms with van der Waals surface area (Å²) in [6.07, 6.45) is 0.807. The minimum Gasteiger partial charge on any atom is -0.325 e. The van der Waals surface area contributed by atoms with Gasteiger partial charge in [0.15, 0.2) is 0 Å². The van der Waals surface area contributed by atoms with Crippen LogP contribution in [0.5, 0.6) is 0 Å². The summed E-state index contributed by atoms with van der Waals surface area (Å²) in [4.78, 5) is 11.9. The van der Waals surface area contributed by atoms with E-state index in [1.54, 1.807) is 6.07 Å². The van der Waals surface area contributed by atoms with Crippen molar-refractivity contribution in [3.63, 3.8) is 0 Å². The molecule has 0 aliphatic carbocycles. The molecule has 0 aromatic heterocycles. The number of benzene rings is 2. The summed E-state index contributed by atoms with van der Waals surface area (Å²) in [6.45, 7) is 0. The van der Waals surface area contributed by atoms with E-state index in [4.69, 9.17) is 5.73 Å². The Kier molecular flexibility index (Phi) is 5.47. The van der Waals surface area contributed by atoms with Crippen LogP contribution < -0.4 is 11.1 Å². The van der Waals surface area contributed by atoms with E-state index in [1.165, 1.54) is 12.1 Å². The van der Waals surface area contributed by atoms with Crippen LogP contribution in [0.1, 0.15) is 24.4 Å². The SMILES string of the molecule is NC(CCC(=O)Nc1cc(F)ccc1Br)c1ccccc1. The van der Waals surface area contributed by atoms with E-state index in [-0.39, 0.29) is 18.4 Å². The lowest BCUT2D eigenvalue weighted by atomic mass is 10.0. The Hall–Kier alpha value is -1.72. The van der Waals surface area contributed by atoms with Crippen LogP contribution in [0, 0.1) is 5.82 Å². The highest BCUT2D eigenvalue weighted by atomic mass is 79.9. The molecule has 0 spiro atoms. The van der Waals surface area contributed by atoms with E-state index in [2.05, 4.69) is 21.2 Å². The lowest BCUT2D eigenvalue weighted by molar-refractivity contribution is -0.116. The molecule has 0 saturated heterocycles. The largest absolute Gasteiger partial charge is 0.325 e. The van der Waals surface area contributed by atoms with Crippen LogP contribution in [0.4, 0.5) is 10.1 Å². The molecular formula is C16H16BrFN2O. The van der Waals surface area contributed by atoms with Gasteiger partial charge in [-0.25, -0.2) is 4.39 Å². The predicted octanol–water partition coefficient (Wildman–Crippen LogP) is 4.01. The fourth-order valence-electron chi connectivity index (χ4n) is 1.96. The van der Waals surface area contributed by atoms with Crippen molar-refractivity contribution in [1.82, 2.24) is 0 Å². The molecule has 110 valence electrons. The van der Waals surface area contributed by atoms with Gasteiger partial charge < -0.3 is 11.1 Å². The molecule has 3 nitrogen and oxygen atoms in total. The molecule has 0 heterocycles. The van der Waals surface area contributed by atoms with Crippen molar-refractivity contribution in [2.75, 3.05) is 5.32 Å². The van der Waals surface area contributed by atoms with E-state index in [1.807, 2.05) is 30.3 Å². The van der Waals surface area contributed by atoms with Crippen LogP contribution in [-0.2, 0) is 4.79 Å². The standard InChI is InChI=1S/C16H16BrFN2O/c17-13-7-6-12(18)10-15(13)20-16(21)9-8-14(19)11-4-2-1-3-5-11/h1-7,10,14H,8-9,19H2,(H,20,21). The highest BCUT2D eigenvalue weighted by Gasteiger charge is 2.10. The average Bonchev–Trinajstić information content (AvgIpc) is 2.49. The Balaban J connectivity index is 1.89. The molecule has 1 atom stereocenters. The van der Waals surface area contributed by atoms with Crippen LogP contribution >= 0.6 is 15.9 Å². The van der Waals surface area contributed by atoms with E-state index in [0.717, 1.165) is 5.56 Å². The molecular weight excluding hydrogens is 335 g/mol. The molecule has 3 N–H and O–H groups in total. The molecule has 0 saturated carbocycles. The molecule has 1 amide bonds. The zero-order valence-corrected chi connectivity index (χ0v) is 12.9. The van der Waals surface area contributed by atoms with E-state index >= 15 is 0 Å². The number of anilines is 1. The summed E-state index contributed by atoms with van der Waals surface area (Å²) in [7, 11) is 0. The number of rotatable bonds is 5. The minimum atomic E-state index is -0.394. The van der Waals surface area contributed by atoms with Gasteiger partial charge in [0.1, 0.15) is 5.82 Å². The average molecular weight is 351 g/mol. The first-order chi connectivity index (χ1) is 10.1. The smallest absolute Gasteiger partial charge is 0.224 e. The fourth-order valence-corrected chi connectivity index (χ4v) is 2.31. The third-order valence-electron chi connectivity index (χ3n) is 3.11. The summed E-state index contributed by atoms with van der Waals surface area (Å²) in [6, 6.07) is 13.6. The van der Waals surface area contributed by atoms with Gasteiger partial charge in [-0.2, -0.15) is 0 Å². The third-order valence-corrected chi connectivity index (χ3v) is 3.80. The Morgan fingerprint density at radius 1 is 1.24 bits per heavy atom. The lowest BCUT2D eigenvalue weighted by Crippen LogP contribution is -2.16. The van der Waals surface area contributed by atoms with Gasteiger partial charge in [0.2, 0.25) is 5.91 Å². The molecule has 21 heavy (non-hydrogen) atoms. The molecule has 1 unspecified atom stereocenters. The number of halogens is 2. The fraction of sp³-hybridized carbons (Fsp3) is 0.188. The number of carbonyl (C=O) groups excluding carboxylic acids is 1. The molecule has 2 rings (SSSR count). The second kappa shape index (κ2) is 7.33. The Morgan fingerprint density at radius 3 is 2.67 bits per heavy atom. The van der Waals surface area contributed by atoms with E-state index < -0.39 is 5.82 Å². The van der Waals surface area contributed by atoms with Gasteiger partial charge in [-0.3, -0.25) is 4.79 Å². The molecule has 5 heteroatoms. The number of carbonyl (C=O) groups is 1. The summed E-state index contributed by atoms with van der Waals surface area (Å²) in [5, 5.41) is 2.68. The number of nitrogens with one attached hydrogen (secondary N) is 1. The van der Waals surface area contributed by atoms with Gasteiger partial charge in [-0.15, -0.1) is 0 Å². The summed E-state index contributed by atoms with van der Waals surface area (Å²) >= 11 is 3.27. The van der Waals surface area contributed by atoms with Gasteiger partial charge >= 0.3 is 0 Å². The third kappa shape index (κ3) is 4.65. The molecule has 0 bridgehead atoms. The van der Waals surface area contributed by atoms with E-state index in [0.29, 0.717) is 16.6 Å². The number of hydrogen-bond acceptors (Lipinski definition) is 2. The monoisotopic (exact) mass is 350 g/mol. The minimum absolute atomic E-state index is 0.187. The predicted molar refractivity (Wildman–Crippen MR) is 85.3 cm³/mol. The second-order valence-corrected chi connectivity index (χ2v) is 5.58. The molecule has 0 radical (unpaired) electrons. The first-order valence-corrected chi connectivity index (χ1v) is 7.41. The van der Waals surface area contributed by atoms with Crippen LogP contribution in [-0.4, -0.2) is 5.91 Å². The number of hydrogen-bond donors (Lipinski definition) is 2. The Bertz CT molecular complexity index is 619. The number of nitrogens with two attached hydrogens (primary N) is 1. The van der Waals surface area contributed by atoms with Gasteiger partial charge in [0.25, 0.3) is 0 Å². The van der Waals surface area contributed by atoms with Gasteiger partial charge in [0.05, 0.1) is 5.69 Å². The second-order valence-electron chi connectivity index (χ2n) is 4.73. The topological polar surface area (TPSA) is 55.1 Å². The van der Waals surface area contributed by atoms with Crippen LogP contribution in [0.25, 0.3) is 0 Å². The van der Waals surface area contributed by atoms with Gasteiger partial charge in [-0.05, 0) is 46.1 Å². The van der Waals surface area contributed by atoms with Crippen molar-refractivity contribution in [3.8, 4) is 0 Å². The molecule has 0 aliphatic heterocycles. The molecule has 2 aromatic rings. The van der Waals surface area contributed by atoms with E-state index in [9.17, 15) is 9.18 Å². The Morgan fingerprint density at radius 2 is 1.95 bits per heavy atom. The van der Waals surface area contributed by atoms with Crippen molar-refractivity contribution >= 4 is 27.5 Å². The summed E-state index contributed by atoms with van der Waals surface area (Å²) in [5.41, 5.74) is 7.46. The van der Waals surface area contributed by atoms with Crippen molar-refractivity contribution in [2.45, 2.75) is 18.9 Å². The number of amides is 1. The first kappa shape index (κ1) is 15.7. The highest BCUT2D eigenvalue weighted by molar-refractivity contribution is 9.10. The van der Waals surface area contributed by atoms with Crippen LogP contribution in [0.3, 0.4) is 0 Å². The molecule has 0 aliphatic rings. The van der Waals surface area contributed by atoms with Gasteiger partial charge in [-0.1, -0.05) is 30.3 Å². The quantitative estimate of drug-likeness (QED) is 0.855. The maximum absolute atomic E-state index is 13.1. The van der Waals surface area contributed by atoms with Crippen molar-refractivity contribution in [3.05, 3.63) is 64.4 Å². The van der Waals surface area contributed by atoms with Gasteiger partial charge in [0, 0.05) is 16.9 Å². The van der Waals surface area contributed by atoms with Crippen LogP contribution in [0.15, 0.2) is 53.0 Å². The first-order valence-electron chi connectivity index (χ1n) is 6.61. The zero-order chi connectivity index (χ0) is 15.2. The van der Waals surface area contributed by atoms with Crippen molar-refractivity contribution < 1.29 is 9.18 Å². The van der Waals surface area contributed by atoms with Crippen LogP contribution in [0.2, 0.25) is 0 Å². The highest BCUT2D eigenvalue weighted by Crippen LogP contribution is 2.23. The maximum Gasteiger partial charge on any atom is 0.224 e. The Labute approximate surface area is 131 Å². The summed E-state index contributed by atoms with van der Waals surface area (Å²) in [5.74, 6) is -0.581. The summed E-state index contributed by atoms with van der Waals surface area (Å²) < 4.78 is 13.8.